The summed E-state index contributed by atoms with van der Waals surface area (Å²) in [5, 5.41) is 3.05. The predicted molar refractivity (Wildman–Crippen MR) is 139 cm³/mol. The van der Waals surface area contributed by atoms with Crippen LogP contribution < -0.4 is 5.32 Å². The highest BCUT2D eigenvalue weighted by Crippen LogP contribution is 2.24. The summed E-state index contributed by atoms with van der Waals surface area (Å²) in [7, 11) is 0. The molecule has 6 heteroatoms. The molecule has 2 amide bonds. The maximum Gasteiger partial charge on any atom is 0.252 e. The fraction of sp³-hybridized carbons (Fsp3) is 0.500. The quantitative estimate of drug-likeness (QED) is 0.552. The maximum atomic E-state index is 12.9. The third kappa shape index (κ3) is 6.86. The fourth-order valence-electron chi connectivity index (χ4n) is 5.20. The first-order valence-electron chi connectivity index (χ1n) is 12.6. The summed E-state index contributed by atoms with van der Waals surface area (Å²) in [6.45, 7) is 10.2. The first-order valence-corrected chi connectivity index (χ1v) is 13.5. The largest absolute Gasteiger partial charge is 0.348 e. The first kappa shape index (κ1) is 24.8. The van der Waals surface area contributed by atoms with E-state index in [4.69, 9.17) is 0 Å². The van der Waals surface area contributed by atoms with Crippen molar-refractivity contribution in [3.8, 4) is 0 Å². The van der Waals surface area contributed by atoms with Crippen LogP contribution in [0.4, 0.5) is 0 Å². The second-order valence-electron chi connectivity index (χ2n) is 10.0. The van der Waals surface area contributed by atoms with Gasteiger partial charge in [0.05, 0.1) is 11.3 Å². The van der Waals surface area contributed by atoms with Crippen molar-refractivity contribution in [1.82, 2.24) is 15.1 Å². The van der Waals surface area contributed by atoms with Gasteiger partial charge < -0.3 is 10.2 Å². The lowest BCUT2D eigenvalue weighted by Crippen LogP contribution is -2.38. The minimum atomic E-state index is -0.0999. The van der Waals surface area contributed by atoms with E-state index in [9.17, 15) is 9.59 Å². The van der Waals surface area contributed by atoms with Gasteiger partial charge in [-0.2, -0.15) is 0 Å². The smallest absolute Gasteiger partial charge is 0.252 e. The van der Waals surface area contributed by atoms with Gasteiger partial charge >= 0.3 is 0 Å². The second kappa shape index (κ2) is 11.9. The predicted octanol–water partition coefficient (Wildman–Crippen LogP) is 4.81. The lowest BCUT2D eigenvalue weighted by molar-refractivity contribution is -0.127. The Bertz CT molecular complexity index is 962. The van der Waals surface area contributed by atoms with Crippen LogP contribution in [0.1, 0.15) is 54.6 Å². The maximum absolute atomic E-state index is 12.9. The molecule has 2 aromatic carbocycles. The van der Waals surface area contributed by atoms with Gasteiger partial charge in [-0.15, -0.1) is 11.8 Å². The molecule has 0 spiro atoms. The Morgan fingerprint density at radius 1 is 0.941 bits per heavy atom. The van der Waals surface area contributed by atoms with E-state index < -0.39 is 0 Å². The summed E-state index contributed by atoms with van der Waals surface area (Å²) in [4.78, 5) is 30.6. The number of nitrogens with one attached hydrogen (secondary N) is 1. The molecule has 0 saturated carbocycles. The molecule has 2 fully saturated rings. The normalized spacial score (nSPS) is 20.9. The van der Waals surface area contributed by atoms with E-state index >= 15 is 0 Å². The van der Waals surface area contributed by atoms with E-state index in [1.807, 2.05) is 29.2 Å². The summed E-state index contributed by atoms with van der Waals surface area (Å²) >= 11 is 1.45. The number of piperidine rings is 1. The number of rotatable bonds is 8. The minimum absolute atomic E-state index is 0.0999. The summed E-state index contributed by atoms with van der Waals surface area (Å²) < 4.78 is 0. The number of carbonyl (C=O) groups is 2. The molecule has 4 rings (SSSR count). The van der Waals surface area contributed by atoms with Crippen LogP contribution in [-0.4, -0.2) is 53.5 Å². The van der Waals surface area contributed by atoms with Crippen LogP contribution in [-0.2, 0) is 17.9 Å². The molecule has 0 aliphatic carbocycles. The summed E-state index contributed by atoms with van der Waals surface area (Å²) in [5.74, 6) is 1.96. The van der Waals surface area contributed by atoms with Gasteiger partial charge in [-0.05, 0) is 54.4 Å². The van der Waals surface area contributed by atoms with Gasteiger partial charge in [-0.1, -0.05) is 50.2 Å². The SMILES string of the molecule is C[C@@H]1C[C@H](C)CN(Cc2ccc(CNC(=O)c3ccccc3SCC(=O)N3CCCC3)cc2)C1. The van der Waals surface area contributed by atoms with E-state index in [1.54, 1.807) is 0 Å². The van der Waals surface area contributed by atoms with E-state index in [-0.39, 0.29) is 11.8 Å². The molecule has 2 saturated heterocycles. The molecule has 0 unspecified atom stereocenters. The van der Waals surface area contributed by atoms with Crippen LogP contribution in [0.5, 0.6) is 0 Å². The Hall–Kier alpha value is -2.31. The van der Waals surface area contributed by atoms with Gasteiger partial charge in [0.2, 0.25) is 5.91 Å². The molecule has 1 N–H and O–H groups in total. The molecular weight excluding hydrogens is 442 g/mol. The Morgan fingerprint density at radius 2 is 1.59 bits per heavy atom. The van der Waals surface area contributed by atoms with Crippen LogP contribution in [0.25, 0.3) is 0 Å². The van der Waals surface area contributed by atoms with Crippen LogP contribution >= 0.6 is 11.8 Å². The van der Waals surface area contributed by atoms with Crippen molar-refractivity contribution in [2.24, 2.45) is 11.8 Å². The van der Waals surface area contributed by atoms with Crippen molar-refractivity contribution in [3.63, 3.8) is 0 Å². The molecule has 0 radical (unpaired) electrons. The van der Waals surface area contributed by atoms with Gasteiger partial charge in [0.1, 0.15) is 0 Å². The highest BCUT2D eigenvalue weighted by atomic mass is 32.2. The van der Waals surface area contributed by atoms with E-state index in [0.29, 0.717) is 17.9 Å². The minimum Gasteiger partial charge on any atom is -0.348 e. The first-order chi connectivity index (χ1) is 16.5. The number of hydrogen-bond acceptors (Lipinski definition) is 4. The summed E-state index contributed by atoms with van der Waals surface area (Å²) in [6.07, 6.45) is 3.51. The Morgan fingerprint density at radius 3 is 2.29 bits per heavy atom. The molecule has 5 nitrogen and oxygen atoms in total. The number of benzene rings is 2. The fourth-order valence-corrected chi connectivity index (χ4v) is 6.15. The van der Waals surface area contributed by atoms with Gasteiger partial charge in [-0.3, -0.25) is 14.5 Å². The number of hydrogen-bond donors (Lipinski definition) is 1. The third-order valence-electron chi connectivity index (χ3n) is 6.77. The van der Waals surface area contributed by atoms with Crippen LogP contribution in [0.15, 0.2) is 53.4 Å². The zero-order valence-corrected chi connectivity index (χ0v) is 21.3. The Balaban J connectivity index is 1.28. The van der Waals surface area contributed by atoms with Gasteiger partial charge in [0.25, 0.3) is 5.91 Å². The number of amides is 2. The molecule has 2 atom stereocenters. The van der Waals surface area contributed by atoms with E-state index in [0.717, 1.165) is 54.8 Å². The Kier molecular flexibility index (Phi) is 8.68. The number of nitrogens with zero attached hydrogens (tertiary/aromatic N) is 2. The third-order valence-corrected chi connectivity index (χ3v) is 7.83. The van der Waals surface area contributed by atoms with Crippen LogP contribution in [0.2, 0.25) is 0 Å². The second-order valence-corrected chi connectivity index (χ2v) is 11.0. The average molecular weight is 480 g/mol. The van der Waals surface area contributed by atoms with Crippen LogP contribution in [0, 0.1) is 11.8 Å². The van der Waals surface area contributed by atoms with Crippen molar-refractivity contribution >= 4 is 23.6 Å². The number of likely N-dealkylation sites (tertiary alicyclic amines) is 2. The lowest BCUT2D eigenvalue weighted by Gasteiger charge is -2.35. The van der Waals surface area contributed by atoms with Crippen molar-refractivity contribution in [2.45, 2.75) is 51.1 Å². The molecule has 0 aromatic heterocycles. The summed E-state index contributed by atoms with van der Waals surface area (Å²) in [6, 6.07) is 16.1. The molecule has 34 heavy (non-hydrogen) atoms. The topological polar surface area (TPSA) is 52.7 Å². The van der Waals surface area contributed by atoms with Gasteiger partial charge in [0, 0.05) is 44.2 Å². The monoisotopic (exact) mass is 479 g/mol. The van der Waals surface area contributed by atoms with Crippen molar-refractivity contribution < 1.29 is 9.59 Å². The number of thioether (sulfide) groups is 1. The van der Waals surface area contributed by atoms with Crippen molar-refractivity contribution in [3.05, 3.63) is 65.2 Å². The molecular formula is C28H37N3O2S. The van der Waals surface area contributed by atoms with E-state index in [2.05, 4.69) is 48.3 Å². The number of carbonyl (C=O) groups excluding carboxylic acids is 2. The summed E-state index contributed by atoms with van der Waals surface area (Å²) in [5.41, 5.74) is 3.04. The molecule has 2 aliphatic rings. The highest BCUT2D eigenvalue weighted by molar-refractivity contribution is 8.00. The van der Waals surface area contributed by atoms with Crippen molar-refractivity contribution in [2.75, 3.05) is 31.9 Å². The highest BCUT2D eigenvalue weighted by Gasteiger charge is 2.22. The molecule has 2 aliphatic heterocycles. The molecule has 182 valence electrons. The Labute approximate surface area is 208 Å². The molecule has 0 bridgehead atoms. The molecule has 2 heterocycles. The van der Waals surface area contributed by atoms with E-state index in [1.165, 1.54) is 36.8 Å². The zero-order valence-electron chi connectivity index (χ0n) is 20.5. The zero-order chi connectivity index (χ0) is 23.9. The average Bonchev–Trinajstić information content (AvgIpc) is 3.37. The van der Waals surface area contributed by atoms with Gasteiger partial charge in [-0.25, -0.2) is 0 Å². The van der Waals surface area contributed by atoms with Gasteiger partial charge in [0.15, 0.2) is 0 Å². The lowest BCUT2D eigenvalue weighted by atomic mass is 9.91. The standard InChI is InChI=1S/C28H37N3O2S/c1-21-15-22(2)18-30(17-21)19-24-11-9-23(10-12-24)16-29-28(33)25-7-3-4-8-26(25)34-20-27(32)31-13-5-6-14-31/h3-4,7-12,21-22H,5-6,13-20H2,1-2H3,(H,29,33)/t21-,22+. The molecule has 2 aromatic rings. The van der Waals surface area contributed by atoms with Crippen molar-refractivity contribution in [1.29, 1.82) is 0 Å². The van der Waals surface area contributed by atoms with Crippen LogP contribution in [0.3, 0.4) is 0 Å².